The molecule has 20 heavy (non-hydrogen) atoms. The highest BCUT2D eigenvalue weighted by molar-refractivity contribution is 7.85. The second-order valence-electron chi connectivity index (χ2n) is 4.27. The van der Waals surface area contributed by atoms with Gasteiger partial charge in [0.1, 0.15) is 5.82 Å². The molecule has 0 aliphatic heterocycles. The van der Waals surface area contributed by atoms with Gasteiger partial charge in [0.15, 0.2) is 0 Å². The number of aromatic carboxylic acids is 1. The summed E-state index contributed by atoms with van der Waals surface area (Å²) in [4.78, 5) is 11.1. The van der Waals surface area contributed by atoms with Crippen molar-refractivity contribution in [3.05, 3.63) is 47.5 Å². The molecular weight excluding hydrogens is 283 g/mol. The second kappa shape index (κ2) is 5.96. The van der Waals surface area contributed by atoms with Crippen LogP contribution in [0.3, 0.4) is 0 Å². The number of hydrogen-bond donors (Lipinski definition) is 1. The largest absolute Gasteiger partial charge is 0.478 e. The number of hydrogen-bond acceptors (Lipinski definition) is 3. The third-order valence-corrected chi connectivity index (χ3v) is 4.12. The molecule has 0 aliphatic carbocycles. The van der Waals surface area contributed by atoms with Crippen LogP contribution in [-0.4, -0.2) is 30.8 Å². The van der Waals surface area contributed by atoms with Gasteiger partial charge in [0.2, 0.25) is 0 Å². The Bertz CT molecular complexity index is 669. The molecule has 1 unspecified atom stereocenters. The predicted molar refractivity (Wildman–Crippen MR) is 71.5 cm³/mol. The van der Waals surface area contributed by atoms with Crippen LogP contribution < -0.4 is 0 Å². The average molecular weight is 296 g/mol. The first-order valence-electron chi connectivity index (χ1n) is 5.86. The highest BCUT2D eigenvalue weighted by atomic mass is 32.2. The van der Waals surface area contributed by atoms with E-state index in [1.807, 2.05) is 6.20 Å². The maximum atomic E-state index is 13.2. The van der Waals surface area contributed by atoms with Gasteiger partial charge in [0, 0.05) is 23.9 Å². The van der Waals surface area contributed by atoms with Crippen LogP contribution in [0, 0.1) is 5.82 Å². The SMILES string of the molecule is Cn1cc(CCS(=O)c2ccc(F)c(C(=O)O)c2)cn1. The van der Waals surface area contributed by atoms with Crippen molar-refractivity contribution in [1.29, 1.82) is 0 Å². The summed E-state index contributed by atoms with van der Waals surface area (Å²) in [6.45, 7) is 0. The average Bonchev–Trinajstić information content (AvgIpc) is 2.82. The first-order chi connectivity index (χ1) is 9.47. The fourth-order valence-corrected chi connectivity index (χ4v) is 2.87. The number of halogens is 1. The molecule has 2 aromatic rings. The van der Waals surface area contributed by atoms with E-state index >= 15 is 0 Å². The molecule has 0 fully saturated rings. The minimum absolute atomic E-state index is 0.313. The number of carboxylic acid groups (broad SMARTS) is 1. The normalized spacial score (nSPS) is 12.3. The lowest BCUT2D eigenvalue weighted by atomic mass is 10.2. The summed E-state index contributed by atoms with van der Waals surface area (Å²) in [6, 6.07) is 3.50. The summed E-state index contributed by atoms with van der Waals surface area (Å²) < 4.78 is 27.0. The number of aryl methyl sites for hydroxylation is 2. The van der Waals surface area contributed by atoms with Crippen LogP contribution in [-0.2, 0) is 24.3 Å². The minimum atomic E-state index is -1.38. The van der Waals surface area contributed by atoms with Gasteiger partial charge >= 0.3 is 5.97 Å². The van der Waals surface area contributed by atoms with Crippen molar-refractivity contribution in [2.75, 3.05) is 5.75 Å². The van der Waals surface area contributed by atoms with Crippen LogP contribution in [0.5, 0.6) is 0 Å². The van der Waals surface area contributed by atoms with E-state index in [0.717, 1.165) is 17.7 Å². The highest BCUT2D eigenvalue weighted by Gasteiger charge is 2.13. The van der Waals surface area contributed by atoms with E-state index < -0.39 is 28.1 Å². The van der Waals surface area contributed by atoms with Crippen LogP contribution in [0.25, 0.3) is 0 Å². The zero-order chi connectivity index (χ0) is 14.7. The Balaban J connectivity index is 2.09. The summed E-state index contributed by atoms with van der Waals surface area (Å²) in [7, 11) is 0.414. The summed E-state index contributed by atoms with van der Waals surface area (Å²) in [5.74, 6) is -1.87. The Morgan fingerprint density at radius 2 is 2.25 bits per heavy atom. The zero-order valence-corrected chi connectivity index (χ0v) is 11.6. The van der Waals surface area contributed by atoms with Gasteiger partial charge < -0.3 is 5.11 Å². The van der Waals surface area contributed by atoms with Crippen LogP contribution in [0.15, 0.2) is 35.5 Å². The second-order valence-corrected chi connectivity index (χ2v) is 5.84. The van der Waals surface area contributed by atoms with Crippen LogP contribution in [0.1, 0.15) is 15.9 Å². The van der Waals surface area contributed by atoms with E-state index in [9.17, 15) is 13.4 Å². The van der Waals surface area contributed by atoms with Gasteiger partial charge in [-0.15, -0.1) is 0 Å². The van der Waals surface area contributed by atoms with E-state index in [2.05, 4.69) is 5.10 Å². The van der Waals surface area contributed by atoms with Crippen molar-refractivity contribution in [3.8, 4) is 0 Å². The van der Waals surface area contributed by atoms with Gasteiger partial charge in [0.25, 0.3) is 0 Å². The topological polar surface area (TPSA) is 72.2 Å². The molecule has 1 aromatic heterocycles. The molecule has 1 atom stereocenters. The number of carbonyl (C=O) groups is 1. The molecule has 0 bridgehead atoms. The maximum absolute atomic E-state index is 13.2. The number of benzene rings is 1. The molecule has 0 amide bonds. The first kappa shape index (κ1) is 14.4. The lowest BCUT2D eigenvalue weighted by molar-refractivity contribution is 0.0691. The van der Waals surface area contributed by atoms with Crippen LogP contribution >= 0.6 is 0 Å². The van der Waals surface area contributed by atoms with Crippen molar-refractivity contribution >= 4 is 16.8 Å². The molecule has 0 radical (unpaired) electrons. The third kappa shape index (κ3) is 3.30. The Kier molecular flexibility index (Phi) is 4.29. The summed E-state index contributed by atoms with van der Waals surface area (Å²) in [6.07, 6.45) is 4.06. The van der Waals surface area contributed by atoms with Gasteiger partial charge in [-0.25, -0.2) is 9.18 Å². The standard InChI is InChI=1S/C13H13FN2O3S/c1-16-8-9(7-15-16)4-5-20(19)10-2-3-12(14)11(6-10)13(17)18/h2-3,6-8H,4-5H2,1H3,(H,17,18). The molecule has 0 spiro atoms. The lowest BCUT2D eigenvalue weighted by Gasteiger charge is -2.04. The Labute approximate surface area is 117 Å². The van der Waals surface area contributed by atoms with Gasteiger partial charge in [-0.1, -0.05) is 0 Å². The molecule has 1 N–H and O–H groups in total. The van der Waals surface area contributed by atoms with Gasteiger partial charge in [0.05, 0.1) is 22.6 Å². The van der Waals surface area contributed by atoms with Crippen molar-refractivity contribution < 1.29 is 18.5 Å². The number of rotatable bonds is 5. The molecule has 0 saturated carbocycles. The first-order valence-corrected chi connectivity index (χ1v) is 7.18. The van der Waals surface area contributed by atoms with Gasteiger partial charge in [-0.05, 0) is 30.2 Å². The van der Waals surface area contributed by atoms with Gasteiger partial charge in [-0.3, -0.25) is 8.89 Å². The van der Waals surface area contributed by atoms with E-state index in [-0.39, 0.29) is 0 Å². The third-order valence-electron chi connectivity index (χ3n) is 2.77. The molecule has 1 heterocycles. The van der Waals surface area contributed by atoms with E-state index in [1.54, 1.807) is 17.9 Å². The molecule has 7 heteroatoms. The highest BCUT2D eigenvalue weighted by Crippen LogP contribution is 2.15. The molecule has 5 nitrogen and oxygen atoms in total. The monoisotopic (exact) mass is 296 g/mol. The summed E-state index contributed by atoms with van der Waals surface area (Å²) >= 11 is 0. The fraction of sp³-hybridized carbons (Fsp3) is 0.231. The number of nitrogens with zero attached hydrogens (tertiary/aromatic N) is 2. The Morgan fingerprint density at radius 3 is 2.85 bits per heavy atom. The Morgan fingerprint density at radius 1 is 1.50 bits per heavy atom. The molecule has 2 rings (SSSR count). The zero-order valence-electron chi connectivity index (χ0n) is 10.7. The van der Waals surface area contributed by atoms with Crippen molar-refractivity contribution in [3.63, 3.8) is 0 Å². The van der Waals surface area contributed by atoms with Crippen molar-refractivity contribution in [1.82, 2.24) is 9.78 Å². The van der Waals surface area contributed by atoms with Crippen LogP contribution in [0.4, 0.5) is 4.39 Å². The number of carboxylic acids is 1. The Hall–Kier alpha value is -2.02. The summed E-state index contributed by atoms with van der Waals surface area (Å²) in [5.41, 5.74) is 0.485. The van der Waals surface area contributed by atoms with Crippen molar-refractivity contribution in [2.24, 2.45) is 7.05 Å². The molecule has 0 saturated heterocycles. The minimum Gasteiger partial charge on any atom is -0.478 e. The quantitative estimate of drug-likeness (QED) is 0.910. The van der Waals surface area contributed by atoms with E-state index in [1.165, 1.54) is 6.07 Å². The van der Waals surface area contributed by atoms with Gasteiger partial charge in [-0.2, -0.15) is 5.10 Å². The lowest BCUT2D eigenvalue weighted by Crippen LogP contribution is -2.05. The molecule has 1 aromatic carbocycles. The van der Waals surface area contributed by atoms with E-state index in [0.29, 0.717) is 17.1 Å². The van der Waals surface area contributed by atoms with E-state index in [4.69, 9.17) is 5.11 Å². The smallest absolute Gasteiger partial charge is 0.338 e. The molecule has 106 valence electrons. The predicted octanol–water partition coefficient (Wildman–Crippen LogP) is 1.61. The molecule has 0 aliphatic rings. The maximum Gasteiger partial charge on any atom is 0.338 e. The number of aromatic nitrogens is 2. The van der Waals surface area contributed by atoms with Crippen LogP contribution in [0.2, 0.25) is 0 Å². The summed E-state index contributed by atoms with van der Waals surface area (Å²) in [5, 5.41) is 12.8. The fourth-order valence-electron chi connectivity index (χ4n) is 1.74. The van der Waals surface area contributed by atoms with Crippen molar-refractivity contribution in [2.45, 2.75) is 11.3 Å². The molecular formula is C13H13FN2O3S.